The number of ether oxygens (including phenoxy) is 1. The van der Waals surface area contributed by atoms with Crippen LogP contribution in [-0.4, -0.2) is 43.6 Å². The second kappa shape index (κ2) is 7.27. The molecule has 0 unspecified atom stereocenters. The quantitative estimate of drug-likeness (QED) is 0.877. The molecule has 2 aromatic carbocycles. The minimum absolute atomic E-state index is 0.246. The van der Waals surface area contributed by atoms with Crippen LogP contribution in [0.25, 0.3) is 0 Å². The molecule has 0 bridgehead atoms. The van der Waals surface area contributed by atoms with Crippen molar-refractivity contribution >= 4 is 23.6 Å². The number of rotatable bonds is 4. The number of anilines is 1. The van der Waals surface area contributed by atoms with Crippen LogP contribution < -0.4 is 4.90 Å². The van der Waals surface area contributed by atoms with Crippen LogP contribution in [0.2, 0.25) is 0 Å². The lowest BCUT2D eigenvalue weighted by Gasteiger charge is -2.28. The minimum Gasteiger partial charge on any atom is -0.478 e. The first kappa shape index (κ1) is 16.2. The Balaban J connectivity index is 1.75. The smallest absolute Gasteiger partial charge is 0.335 e. The summed E-state index contributed by atoms with van der Waals surface area (Å²) in [5, 5.41) is 9.07. The summed E-state index contributed by atoms with van der Waals surface area (Å²) in [4.78, 5) is 17.8. The van der Waals surface area contributed by atoms with Crippen LogP contribution in [0.1, 0.15) is 21.5 Å². The summed E-state index contributed by atoms with van der Waals surface area (Å²) < 4.78 is 5.37. The molecule has 1 aliphatic heterocycles. The van der Waals surface area contributed by atoms with E-state index in [1.807, 2.05) is 19.1 Å². The molecular weight excluding hydrogens is 304 g/mol. The predicted octanol–water partition coefficient (Wildman–Crippen LogP) is 3.28. The Labute approximate surface area is 141 Å². The summed E-state index contributed by atoms with van der Waals surface area (Å²) in [5.41, 5.74) is 4.02. The van der Waals surface area contributed by atoms with Crippen LogP contribution in [0.4, 0.5) is 11.4 Å². The monoisotopic (exact) mass is 324 g/mol. The molecule has 0 aliphatic carbocycles. The van der Waals surface area contributed by atoms with Gasteiger partial charge < -0.3 is 14.7 Å². The second-order valence-corrected chi connectivity index (χ2v) is 5.76. The van der Waals surface area contributed by atoms with Gasteiger partial charge >= 0.3 is 5.97 Å². The third-order valence-electron chi connectivity index (χ3n) is 4.08. The number of carbonyl (C=O) groups is 1. The van der Waals surface area contributed by atoms with E-state index in [9.17, 15) is 4.79 Å². The first-order valence-electron chi connectivity index (χ1n) is 7.94. The Hall–Kier alpha value is -2.66. The fourth-order valence-corrected chi connectivity index (χ4v) is 2.62. The van der Waals surface area contributed by atoms with Crippen molar-refractivity contribution in [3.63, 3.8) is 0 Å². The summed E-state index contributed by atoms with van der Waals surface area (Å²) in [5.74, 6) is -0.943. The first-order chi connectivity index (χ1) is 11.6. The van der Waals surface area contributed by atoms with Gasteiger partial charge in [0.2, 0.25) is 0 Å². The third kappa shape index (κ3) is 3.81. The van der Waals surface area contributed by atoms with E-state index in [4.69, 9.17) is 9.84 Å². The fraction of sp³-hybridized carbons (Fsp3) is 0.263. The number of aromatic carboxylic acids is 1. The van der Waals surface area contributed by atoms with Gasteiger partial charge in [0.15, 0.2) is 0 Å². The fourth-order valence-electron chi connectivity index (χ4n) is 2.62. The lowest BCUT2D eigenvalue weighted by atomic mass is 10.1. The van der Waals surface area contributed by atoms with Crippen LogP contribution >= 0.6 is 0 Å². The molecule has 5 nitrogen and oxygen atoms in total. The Morgan fingerprint density at radius 1 is 1.17 bits per heavy atom. The number of nitrogens with zero attached hydrogens (tertiary/aromatic N) is 2. The van der Waals surface area contributed by atoms with Gasteiger partial charge in [0.25, 0.3) is 0 Å². The van der Waals surface area contributed by atoms with Gasteiger partial charge in [-0.25, -0.2) is 4.79 Å². The zero-order valence-corrected chi connectivity index (χ0v) is 13.6. The van der Waals surface area contributed by atoms with Crippen molar-refractivity contribution in [2.75, 3.05) is 31.2 Å². The standard InChI is InChI=1S/C19H20N2O3/c1-14-2-5-16(19(22)23)12-18(14)20-13-15-3-6-17(7-4-15)21-8-10-24-11-9-21/h2-7,12-13H,8-11H2,1H3,(H,22,23). The number of aryl methyl sites for hydroxylation is 1. The van der Waals surface area contributed by atoms with E-state index >= 15 is 0 Å². The normalized spacial score (nSPS) is 15.0. The van der Waals surface area contributed by atoms with Crippen molar-refractivity contribution < 1.29 is 14.6 Å². The third-order valence-corrected chi connectivity index (χ3v) is 4.08. The van der Waals surface area contributed by atoms with E-state index in [1.54, 1.807) is 24.4 Å². The van der Waals surface area contributed by atoms with E-state index < -0.39 is 5.97 Å². The lowest BCUT2D eigenvalue weighted by Crippen LogP contribution is -2.36. The van der Waals surface area contributed by atoms with Gasteiger partial charge in [-0.2, -0.15) is 0 Å². The molecule has 5 heteroatoms. The maximum Gasteiger partial charge on any atom is 0.335 e. The Morgan fingerprint density at radius 3 is 2.54 bits per heavy atom. The number of aliphatic imine (C=N–C) groups is 1. The molecular formula is C19H20N2O3. The molecule has 0 aromatic heterocycles. The summed E-state index contributed by atoms with van der Waals surface area (Å²) in [6.07, 6.45) is 1.76. The van der Waals surface area contributed by atoms with Crippen molar-refractivity contribution in [2.24, 2.45) is 4.99 Å². The summed E-state index contributed by atoms with van der Waals surface area (Å²) in [6, 6.07) is 13.2. The Kier molecular flexibility index (Phi) is 4.91. The van der Waals surface area contributed by atoms with Gasteiger partial charge in [-0.15, -0.1) is 0 Å². The molecule has 1 saturated heterocycles. The zero-order chi connectivity index (χ0) is 16.9. The minimum atomic E-state index is -0.943. The molecule has 0 saturated carbocycles. The molecule has 124 valence electrons. The van der Waals surface area contributed by atoms with Crippen LogP contribution in [0, 0.1) is 6.92 Å². The Bertz CT molecular complexity index is 748. The molecule has 1 heterocycles. The molecule has 0 amide bonds. The SMILES string of the molecule is Cc1ccc(C(=O)O)cc1N=Cc1ccc(N2CCOCC2)cc1. The van der Waals surface area contributed by atoms with Gasteiger partial charge in [-0.3, -0.25) is 4.99 Å². The number of morpholine rings is 1. The van der Waals surface area contributed by atoms with Gasteiger partial charge in [-0.1, -0.05) is 18.2 Å². The molecule has 3 rings (SSSR count). The van der Waals surface area contributed by atoms with Crippen LogP contribution in [0.15, 0.2) is 47.5 Å². The van der Waals surface area contributed by atoms with Crippen molar-refractivity contribution in [2.45, 2.75) is 6.92 Å². The van der Waals surface area contributed by atoms with Crippen molar-refractivity contribution in [1.82, 2.24) is 0 Å². The summed E-state index contributed by atoms with van der Waals surface area (Å²) in [6.45, 7) is 5.27. The highest BCUT2D eigenvalue weighted by atomic mass is 16.5. The van der Waals surface area contributed by atoms with Gasteiger partial charge in [0.05, 0.1) is 24.5 Å². The lowest BCUT2D eigenvalue weighted by molar-refractivity contribution is 0.0697. The van der Waals surface area contributed by atoms with Gasteiger partial charge in [0.1, 0.15) is 0 Å². The molecule has 0 atom stereocenters. The number of hydrogen-bond donors (Lipinski definition) is 1. The number of benzene rings is 2. The van der Waals surface area contributed by atoms with E-state index in [0.717, 1.165) is 37.4 Å². The molecule has 24 heavy (non-hydrogen) atoms. The maximum absolute atomic E-state index is 11.1. The second-order valence-electron chi connectivity index (χ2n) is 5.76. The maximum atomic E-state index is 11.1. The molecule has 1 aliphatic rings. The van der Waals surface area contributed by atoms with Crippen molar-refractivity contribution in [3.8, 4) is 0 Å². The van der Waals surface area contributed by atoms with E-state index in [-0.39, 0.29) is 5.56 Å². The molecule has 2 aromatic rings. The highest BCUT2D eigenvalue weighted by molar-refractivity contribution is 5.90. The molecule has 1 fully saturated rings. The topological polar surface area (TPSA) is 62.1 Å². The van der Waals surface area contributed by atoms with E-state index in [0.29, 0.717) is 5.69 Å². The van der Waals surface area contributed by atoms with E-state index in [1.165, 1.54) is 5.69 Å². The van der Waals surface area contributed by atoms with Gasteiger partial charge in [-0.05, 0) is 42.3 Å². The Morgan fingerprint density at radius 2 is 1.88 bits per heavy atom. The van der Waals surface area contributed by atoms with Crippen molar-refractivity contribution in [1.29, 1.82) is 0 Å². The molecule has 0 radical (unpaired) electrons. The molecule has 0 spiro atoms. The first-order valence-corrected chi connectivity index (χ1v) is 7.94. The highest BCUT2D eigenvalue weighted by Crippen LogP contribution is 2.21. The van der Waals surface area contributed by atoms with Crippen LogP contribution in [-0.2, 0) is 4.74 Å². The zero-order valence-electron chi connectivity index (χ0n) is 13.6. The average Bonchev–Trinajstić information content (AvgIpc) is 2.62. The number of carboxylic acids is 1. The van der Waals surface area contributed by atoms with Gasteiger partial charge in [0, 0.05) is 25.0 Å². The average molecular weight is 324 g/mol. The largest absolute Gasteiger partial charge is 0.478 e. The summed E-state index contributed by atoms with van der Waals surface area (Å²) in [7, 11) is 0. The number of hydrogen-bond acceptors (Lipinski definition) is 4. The van der Waals surface area contributed by atoms with Crippen LogP contribution in [0.3, 0.4) is 0 Å². The predicted molar refractivity (Wildman–Crippen MR) is 94.9 cm³/mol. The summed E-state index contributed by atoms with van der Waals surface area (Å²) >= 11 is 0. The molecule has 1 N–H and O–H groups in total. The number of carboxylic acid groups (broad SMARTS) is 1. The van der Waals surface area contributed by atoms with E-state index in [2.05, 4.69) is 22.0 Å². The van der Waals surface area contributed by atoms with Crippen LogP contribution in [0.5, 0.6) is 0 Å². The van der Waals surface area contributed by atoms with Crippen molar-refractivity contribution in [3.05, 3.63) is 59.2 Å². The highest BCUT2D eigenvalue weighted by Gasteiger charge is 2.10.